The molecule has 0 bridgehead atoms. The van der Waals surface area contributed by atoms with Crippen LogP contribution in [0.15, 0.2) is 0 Å². The fourth-order valence-corrected chi connectivity index (χ4v) is 5.76. The van der Waals surface area contributed by atoms with Crippen molar-refractivity contribution in [2.45, 2.75) is 89.8 Å². The standard InChI is InChI=1S/C18H32O2/c1-14-10-16(2,3)13-18(19,11-14)15-6-9-20-17(12-15)7-4-5-8-17/h14-15,19H,4-13H2,1-3H3. The maximum atomic E-state index is 11.4. The molecule has 0 aromatic heterocycles. The predicted molar refractivity (Wildman–Crippen MR) is 81.6 cm³/mol. The Bertz CT molecular complexity index is 356. The van der Waals surface area contributed by atoms with E-state index < -0.39 is 5.60 Å². The Morgan fingerprint density at radius 1 is 1.05 bits per heavy atom. The summed E-state index contributed by atoms with van der Waals surface area (Å²) in [6.45, 7) is 7.84. The molecular formula is C18H32O2. The van der Waals surface area contributed by atoms with E-state index >= 15 is 0 Å². The Hall–Kier alpha value is -0.0800. The summed E-state index contributed by atoms with van der Waals surface area (Å²) in [5.74, 6) is 1.10. The zero-order valence-corrected chi connectivity index (χ0v) is 13.6. The molecule has 2 nitrogen and oxygen atoms in total. The molecule has 1 N–H and O–H groups in total. The highest BCUT2D eigenvalue weighted by Gasteiger charge is 2.51. The van der Waals surface area contributed by atoms with E-state index in [1.165, 1.54) is 32.1 Å². The summed E-state index contributed by atoms with van der Waals surface area (Å²) < 4.78 is 6.16. The molecule has 3 aliphatic rings. The van der Waals surface area contributed by atoms with Gasteiger partial charge in [-0.2, -0.15) is 0 Å². The van der Waals surface area contributed by atoms with Crippen LogP contribution in [0.1, 0.15) is 78.6 Å². The number of hydrogen-bond acceptors (Lipinski definition) is 2. The lowest BCUT2D eigenvalue weighted by Crippen LogP contribution is -2.52. The Balaban J connectivity index is 1.76. The lowest BCUT2D eigenvalue weighted by atomic mass is 9.59. The van der Waals surface area contributed by atoms with Gasteiger partial charge in [-0.25, -0.2) is 0 Å². The van der Waals surface area contributed by atoms with Crippen molar-refractivity contribution in [2.75, 3.05) is 6.61 Å². The van der Waals surface area contributed by atoms with Gasteiger partial charge in [0.15, 0.2) is 0 Å². The average Bonchev–Trinajstić information content (AvgIpc) is 2.74. The third-order valence-electron chi connectivity index (χ3n) is 6.16. The molecule has 2 heteroatoms. The van der Waals surface area contributed by atoms with Gasteiger partial charge in [0.2, 0.25) is 0 Å². The van der Waals surface area contributed by atoms with Gasteiger partial charge in [-0.1, -0.05) is 33.6 Å². The van der Waals surface area contributed by atoms with E-state index in [1.807, 2.05) is 0 Å². The van der Waals surface area contributed by atoms with Gasteiger partial charge < -0.3 is 9.84 Å². The molecule has 0 radical (unpaired) electrons. The van der Waals surface area contributed by atoms with Crippen molar-refractivity contribution >= 4 is 0 Å². The van der Waals surface area contributed by atoms with Crippen LogP contribution in [-0.4, -0.2) is 22.9 Å². The van der Waals surface area contributed by atoms with Crippen LogP contribution >= 0.6 is 0 Å². The minimum atomic E-state index is -0.444. The molecule has 1 heterocycles. The highest BCUT2D eigenvalue weighted by Crippen LogP contribution is 2.52. The van der Waals surface area contributed by atoms with E-state index in [2.05, 4.69) is 20.8 Å². The Morgan fingerprint density at radius 2 is 1.75 bits per heavy atom. The van der Waals surface area contributed by atoms with Crippen LogP contribution < -0.4 is 0 Å². The van der Waals surface area contributed by atoms with Gasteiger partial charge in [0, 0.05) is 6.61 Å². The van der Waals surface area contributed by atoms with Gasteiger partial charge in [-0.05, 0) is 62.2 Å². The van der Waals surface area contributed by atoms with Gasteiger partial charge in [-0.3, -0.25) is 0 Å². The number of rotatable bonds is 1. The second-order valence-electron chi connectivity index (χ2n) is 8.89. The Labute approximate surface area is 124 Å². The zero-order valence-electron chi connectivity index (χ0n) is 13.6. The van der Waals surface area contributed by atoms with Gasteiger partial charge in [0.1, 0.15) is 0 Å². The van der Waals surface area contributed by atoms with Gasteiger partial charge in [0.05, 0.1) is 11.2 Å². The van der Waals surface area contributed by atoms with E-state index in [1.54, 1.807) is 0 Å². The maximum Gasteiger partial charge on any atom is 0.0686 e. The van der Waals surface area contributed by atoms with E-state index in [4.69, 9.17) is 4.74 Å². The molecule has 1 aliphatic heterocycles. The molecule has 3 rings (SSSR count). The molecule has 0 aromatic rings. The van der Waals surface area contributed by atoms with E-state index in [0.29, 0.717) is 11.8 Å². The van der Waals surface area contributed by atoms with Gasteiger partial charge in [-0.15, -0.1) is 0 Å². The number of ether oxygens (including phenoxy) is 1. The molecule has 3 fully saturated rings. The molecular weight excluding hydrogens is 248 g/mol. The number of hydrogen-bond donors (Lipinski definition) is 1. The second kappa shape index (κ2) is 4.98. The zero-order chi connectivity index (χ0) is 14.4. The first kappa shape index (κ1) is 14.8. The van der Waals surface area contributed by atoms with Crippen molar-refractivity contribution in [1.29, 1.82) is 0 Å². The van der Waals surface area contributed by atoms with Crippen molar-refractivity contribution in [2.24, 2.45) is 17.3 Å². The van der Waals surface area contributed by atoms with Crippen molar-refractivity contribution in [3.63, 3.8) is 0 Å². The molecule has 3 atom stereocenters. The monoisotopic (exact) mass is 280 g/mol. The van der Waals surface area contributed by atoms with Crippen LogP contribution in [0.4, 0.5) is 0 Å². The Morgan fingerprint density at radius 3 is 2.40 bits per heavy atom. The smallest absolute Gasteiger partial charge is 0.0686 e. The topological polar surface area (TPSA) is 29.5 Å². The SMILES string of the molecule is CC1CC(C)(C)CC(O)(C2CCOC3(CCCC3)C2)C1. The van der Waals surface area contributed by atoms with Gasteiger partial charge in [0.25, 0.3) is 0 Å². The highest BCUT2D eigenvalue weighted by molar-refractivity contribution is 5.02. The quantitative estimate of drug-likeness (QED) is 0.776. The van der Waals surface area contributed by atoms with Crippen LogP contribution in [0.5, 0.6) is 0 Å². The summed E-state index contributed by atoms with van der Waals surface area (Å²) in [7, 11) is 0. The van der Waals surface area contributed by atoms with E-state index in [9.17, 15) is 5.11 Å². The first-order valence-electron chi connectivity index (χ1n) is 8.69. The van der Waals surface area contributed by atoms with Crippen molar-refractivity contribution in [1.82, 2.24) is 0 Å². The number of aliphatic hydroxyl groups is 1. The second-order valence-corrected chi connectivity index (χ2v) is 8.89. The summed E-state index contributed by atoms with van der Waals surface area (Å²) in [6.07, 6.45) is 10.5. The van der Waals surface area contributed by atoms with Gasteiger partial charge >= 0.3 is 0 Å². The fourth-order valence-electron chi connectivity index (χ4n) is 5.76. The minimum Gasteiger partial charge on any atom is -0.390 e. The molecule has 0 aromatic carbocycles. The van der Waals surface area contributed by atoms with Crippen LogP contribution in [0, 0.1) is 17.3 Å². The van der Waals surface area contributed by atoms with Crippen molar-refractivity contribution in [3.8, 4) is 0 Å². The van der Waals surface area contributed by atoms with E-state index in [-0.39, 0.29) is 11.0 Å². The largest absolute Gasteiger partial charge is 0.390 e. The summed E-state index contributed by atoms with van der Waals surface area (Å²) in [5, 5.41) is 11.4. The molecule has 116 valence electrons. The summed E-state index contributed by atoms with van der Waals surface area (Å²) >= 11 is 0. The van der Waals surface area contributed by atoms with Crippen LogP contribution in [0.25, 0.3) is 0 Å². The van der Waals surface area contributed by atoms with Crippen LogP contribution in [0.2, 0.25) is 0 Å². The molecule has 3 unspecified atom stereocenters. The summed E-state index contributed by atoms with van der Waals surface area (Å²) in [4.78, 5) is 0. The highest BCUT2D eigenvalue weighted by atomic mass is 16.5. The molecule has 1 spiro atoms. The molecule has 20 heavy (non-hydrogen) atoms. The predicted octanol–water partition coefficient (Wildman–Crippen LogP) is 4.30. The molecule has 0 amide bonds. The maximum absolute atomic E-state index is 11.4. The minimum absolute atomic E-state index is 0.128. The van der Waals surface area contributed by atoms with E-state index in [0.717, 1.165) is 32.3 Å². The van der Waals surface area contributed by atoms with Crippen LogP contribution in [0.3, 0.4) is 0 Å². The lowest BCUT2D eigenvalue weighted by Gasteiger charge is -2.52. The first-order valence-corrected chi connectivity index (χ1v) is 8.69. The molecule has 2 saturated carbocycles. The molecule has 2 aliphatic carbocycles. The Kier molecular flexibility index (Phi) is 3.70. The van der Waals surface area contributed by atoms with Crippen molar-refractivity contribution < 1.29 is 9.84 Å². The summed E-state index contributed by atoms with van der Waals surface area (Å²) in [6, 6.07) is 0. The van der Waals surface area contributed by atoms with Crippen molar-refractivity contribution in [3.05, 3.63) is 0 Å². The average molecular weight is 280 g/mol. The molecule has 1 saturated heterocycles. The summed E-state index contributed by atoms with van der Waals surface area (Å²) in [5.41, 5.74) is -0.0302. The first-order chi connectivity index (χ1) is 9.33. The third-order valence-corrected chi connectivity index (χ3v) is 6.16. The van der Waals surface area contributed by atoms with Crippen LogP contribution in [-0.2, 0) is 4.74 Å². The third kappa shape index (κ3) is 2.78. The lowest BCUT2D eigenvalue weighted by molar-refractivity contribution is -0.166. The normalized spacial score (nSPS) is 43.8. The fraction of sp³-hybridized carbons (Fsp3) is 1.00.